The lowest BCUT2D eigenvalue weighted by molar-refractivity contribution is -0.145. The van der Waals surface area contributed by atoms with Crippen molar-refractivity contribution in [3.05, 3.63) is 34.4 Å². The maximum atomic E-state index is 11.7. The van der Waals surface area contributed by atoms with Gasteiger partial charge in [0.1, 0.15) is 17.7 Å². The van der Waals surface area contributed by atoms with E-state index in [0.29, 0.717) is 36.2 Å². The fourth-order valence-electron chi connectivity index (χ4n) is 3.06. The van der Waals surface area contributed by atoms with E-state index in [0.717, 1.165) is 17.2 Å². The zero-order valence-electron chi connectivity index (χ0n) is 14.2. The number of aromatic nitrogens is 3. The first-order valence-electron chi connectivity index (χ1n) is 7.70. The Morgan fingerprint density at radius 1 is 1.36 bits per heavy atom. The van der Waals surface area contributed by atoms with Crippen LogP contribution in [0.25, 0.3) is 0 Å². The first-order chi connectivity index (χ1) is 11.9. The molecule has 0 saturated carbocycles. The van der Waals surface area contributed by atoms with Gasteiger partial charge in [-0.3, -0.25) is 9.69 Å². The van der Waals surface area contributed by atoms with Crippen molar-refractivity contribution in [2.24, 2.45) is 0 Å². The van der Waals surface area contributed by atoms with E-state index < -0.39 is 12.0 Å². The van der Waals surface area contributed by atoms with Crippen molar-refractivity contribution in [1.82, 2.24) is 19.7 Å². The third kappa shape index (κ3) is 3.27. The Labute approximate surface area is 149 Å². The normalized spacial score (nSPS) is 17.2. The van der Waals surface area contributed by atoms with Gasteiger partial charge in [-0.1, -0.05) is 11.6 Å². The van der Waals surface area contributed by atoms with Gasteiger partial charge in [0.25, 0.3) is 0 Å². The van der Waals surface area contributed by atoms with Crippen LogP contribution in [0.5, 0.6) is 11.5 Å². The SMILES string of the molecule is COc1cc(CN2Cc3nnc(C)n3CC2C(=O)O)cc(Cl)c1OC. The predicted octanol–water partition coefficient (Wildman–Crippen LogP) is 1.73. The summed E-state index contributed by atoms with van der Waals surface area (Å²) in [7, 11) is 3.05. The maximum absolute atomic E-state index is 11.7. The smallest absolute Gasteiger partial charge is 0.322 e. The number of methoxy groups -OCH3 is 2. The molecule has 25 heavy (non-hydrogen) atoms. The topological polar surface area (TPSA) is 89.7 Å². The van der Waals surface area contributed by atoms with E-state index in [1.54, 1.807) is 12.1 Å². The minimum absolute atomic E-state index is 0.310. The van der Waals surface area contributed by atoms with Crippen molar-refractivity contribution in [1.29, 1.82) is 0 Å². The second-order valence-corrected chi connectivity index (χ2v) is 6.25. The molecule has 1 aromatic heterocycles. The minimum Gasteiger partial charge on any atom is -0.493 e. The first-order valence-corrected chi connectivity index (χ1v) is 8.08. The maximum Gasteiger partial charge on any atom is 0.322 e. The van der Waals surface area contributed by atoms with Gasteiger partial charge in [0.15, 0.2) is 11.5 Å². The molecule has 9 heteroatoms. The van der Waals surface area contributed by atoms with E-state index >= 15 is 0 Å². The lowest BCUT2D eigenvalue weighted by Gasteiger charge is -2.33. The average Bonchev–Trinajstić information content (AvgIpc) is 2.93. The Morgan fingerprint density at radius 2 is 2.12 bits per heavy atom. The summed E-state index contributed by atoms with van der Waals surface area (Å²) in [5.74, 6) is 1.55. The third-order valence-corrected chi connectivity index (χ3v) is 4.60. The number of carbonyl (C=O) groups is 1. The number of fused-ring (bicyclic) bond motifs is 1. The van der Waals surface area contributed by atoms with Crippen LogP contribution in [0.3, 0.4) is 0 Å². The number of nitrogens with zero attached hydrogens (tertiary/aromatic N) is 4. The van der Waals surface area contributed by atoms with Crippen molar-refractivity contribution in [3.63, 3.8) is 0 Å². The van der Waals surface area contributed by atoms with E-state index in [2.05, 4.69) is 10.2 Å². The molecule has 0 bridgehead atoms. The number of aryl methyl sites for hydroxylation is 1. The Kier molecular flexibility index (Phi) is 4.82. The number of halogens is 1. The second kappa shape index (κ2) is 6.89. The molecule has 1 aromatic carbocycles. The number of ether oxygens (including phenoxy) is 2. The van der Waals surface area contributed by atoms with Crippen molar-refractivity contribution < 1.29 is 19.4 Å². The summed E-state index contributed by atoms with van der Waals surface area (Å²) in [6, 6.07) is 2.88. The van der Waals surface area contributed by atoms with Gasteiger partial charge in [0.05, 0.1) is 32.3 Å². The molecule has 1 N–H and O–H groups in total. The number of rotatable bonds is 5. The molecule has 8 nitrogen and oxygen atoms in total. The van der Waals surface area contributed by atoms with Crippen LogP contribution in [-0.2, 0) is 24.4 Å². The standard InChI is InChI=1S/C16H19ClN4O4/c1-9-18-19-14-8-20(12(16(22)23)7-21(9)14)6-10-4-11(17)15(25-3)13(5-10)24-2/h4-5,12H,6-8H2,1-3H3,(H,22,23). The molecule has 2 aromatic rings. The highest BCUT2D eigenvalue weighted by atomic mass is 35.5. The summed E-state index contributed by atoms with van der Waals surface area (Å²) in [6.45, 7) is 2.91. The summed E-state index contributed by atoms with van der Waals surface area (Å²) < 4.78 is 12.4. The zero-order valence-corrected chi connectivity index (χ0v) is 14.9. The summed E-state index contributed by atoms with van der Waals surface area (Å²) in [4.78, 5) is 13.6. The number of carboxylic acids is 1. The predicted molar refractivity (Wildman–Crippen MR) is 90.0 cm³/mol. The molecular weight excluding hydrogens is 348 g/mol. The summed E-state index contributed by atoms with van der Waals surface area (Å²) in [6.07, 6.45) is 0. The van der Waals surface area contributed by atoms with Crippen LogP contribution >= 0.6 is 11.6 Å². The molecule has 1 atom stereocenters. The highest BCUT2D eigenvalue weighted by Gasteiger charge is 2.33. The molecule has 1 aliphatic heterocycles. The van der Waals surface area contributed by atoms with Gasteiger partial charge < -0.3 is 19.1 Å². The number of carboxylic acid groups (broad SMARTS) is 1. The summed E-state index contributed by atoms with van der Waals surface area (Å²) >= 11 is 6.25. The van der Waals surface area contributed by atoms with Crippen molar-refractivity contribution in [3.8, 4) is 11.5 Å². The Morgan fingerprint density at radius 3 is 2.76 bits per heavy atom. The molecule has 0 aliphatic carbocycles. The van der Waals surface area contributed by atoms with Crippen LogP contribution in [0.15, 0.2) is 12.1 Å². The van der Waals surface area contributed by atoms with Crippen LogP contribution in [-0.4, -0.2) is 51.0 Å². The molecule has 3 rings (SSSR count). The molecule has 0 saturated heterocycles. The van der Waals surface area contributed by atoms with Crippen molar-refractivity contribution in [2.45, 2.75) is 32.6 Å². The Bertz CT molecular complexity index is 808. The quantitative estimate of drug-likeness (QED) is 0.861. The number of aliphatic carboxylic acids is 1. The van der Waals surface area contributed by atoms with Gasteiger partial charge in [-0.2, -0.15) is 0 Å². The molecule has 0 radical (unpaired) electrons. The molecular formula is C16H19ClN4O4. The highest BCUT2D eigenvalue weighted by Crippen LogP contribution is 2.36. The van der Waals surface area contributed by atoms with Gasteiger partial charge in [-0.25, -0.2) is 0 Å². The first kappa shape index (κ1) is 17.5. The lowest BCUT2D eigenvalue weighted by Crippen LogP contribution is -2.47. The van der Waals surface area contributed by atoms with E-state index in [-0.39, 0.29) is 0 Å². The van der Waals surface area contributed by atoms with Crippen molar-refractivity contribution in [2.75, 3.05) is 14.2 Å². The fourth-order valence-corrected chi connectivity index (χ4v) is 3.37. The zero-order chi connectivity index (χ0) is 18.1. The van der Waals surface area contributed by atoms with Crippen LogP contribution in [0.1, 0.15) is 17.2 Å². The van der Waals surface area contributed by atoms with E-state index in [4.69, 9.17) is 21.1 Å². The van der Waals surface area contributed by atoms with E-state index in [1.165, 1.54) is 14.2 Å². The van der Waals surface area contributed by atoms with Crippen LogP contribution in [0, 0.1) is 6.92 Å². The molecule has 0 amide bonds. The lowest BCUT2D eigenvalue weighted by atomic mass is 10.1. The van der Waals surface area contributed by atoms with Crippen molar-refractivity contribution >= 4 is 17.6 Å². The molecule has 134 valence electrons. The Hall–Kier alpha value is -2.32. The van der Waals surface area contributed by atoms with Gasteiger partial charge in [-0.15, -0.1) is 10.2 Å². The molecule has 0 spiro atoms. The molecule has 0 fully saturated rings. The van der Waals surface area contributed by atoms with Crippen LogP contribution in [0.2, 0.25) is 5.02 Å². The molecule has 1 aliphatic rings. The largest absolute Gasteiger partial charge is 0.493 e. The third-order valence-electron chi connectivity index (χ3n) is 4.32. The number of hydrogen-bond donors (Lipinski definition) is 1. The van der Waals surface area contributed by atoms with E-state index in [9.17, 15) is 9.90 Å². The van der Waals surface area contributed by atoms with Crippen LogP contribution in [0.4, 0.5) is 0 Å². The van der Waals surface area contributed by atoms with Crippen LogP contribution < -0.4 is 9.47 Å². The average molecular weight is 367 g/mol. The summed E-state index contributed by atoms with van der Waals surface area (Å²) in [5.41, 5.74) is 0.832. The van der Waals surface area contributed by atoms with Gasteiger partial charge in [0.2, 0.25) is 0 Å². The molecule has 2 heterocycles. The van der Waals surface area contributed by atoms with Gasteiger partial charge in [0, 0.05) is 6.54 Å². The highest BCUT2D eigenvalue weighted by molar-refractivity contribution is 6.32. The molecule has 1 unspecified atom stereocenters. The Balaban J connectivity index is 1.91. The number of benzene rings is 1. The number of hydrogen-bond acceptors (Lipinski definition) is 6. The monoisotopic (exact) mass is 366 g/mol. The minimum atomic E-state index is -0.884. The van der Waals surface area contributed by atoms with Gasteiger partial charge in [-0.05, 0) is 24.6 Å². The van der Waals surface area contributed by atoms with Gasteiger partial charge >= 0.3 is 5.97 Å². The van der Waals surface area contributed by atoms with E-state index in [1.807, 2.05) is 16.4 Å². The fraction of sp³-hybridized carbons (Fsp3) is 0.438. The summed E-state index contributed by atoms with van der Waals surface area (Å²) in [5, 5.41) is 18.2. The second-order valence-electron chi connectivity index (χ2n) is 5.85.